The summed E-state index contributed by atoms with van der Waals surface area (Å²) in [5.74, 6) is 0.269. The van der Waals surface area contributed by atoms with Gasteiger partial charge in [-0.05, 0) is 66.8 Å². The maximum atomic E-state index is 13.4. The van der Waals surface area contributed by atoms with E-state index in [4.69, 9.17) is 4.74 Å². The van der Waals surface area contributed by atoms with Crippen LogP contribution in [0.1, 0.15) is 56.1 Å². The van der Waals surface area contributed by atoms with Gasteiger partial charge in [0.2, 0.25) is 5.91 Å². The number of hydrogen-bond donors (Lipinski definition) is 3. The third-order valence-corrected chi connectivity index (χ3v) is 7.44. The molecular weight excluding hydrogens is 428 g/mol. The van der Waals surface area contributed by atoms with Gasteiger partial charge in [0.25, 0.3) is 0 Å². The average molecular weight is 465 g/mol. The van der Waals surface area contributed by atoms with E-state index < -0.39 is 18.1 Å². The van der Waals surface area contributed by atoms with E-state index in [1.54, 1.807) is 7.11 Å². The minimum atomic E-state index is -0.881. The summed E-state index contributed by atoms with van der Waals surface area (Å²) in [5.41, 5.74) is 2.98. The number of carboxylic acids is 1. The van der Waals surface area contributed by atoms with E-state index in [-0.39, 0.29) is 11.8 Å². The van der Waals surface area contributed by atoms with E-state index in [2.05, 4.69) is 10.6 Å². The molecule has 6 nitrogen and oxygen atoms in total. The predicted molar refractivity (Wildman–Crippen MR) is 133 cm³/mol. The van der Waals surface area contributed by atoms with E-state index in [0.717, 1.165) is 29.0 Å². The number of para-hydroxylation sites is 1. The molecule has 2 aliphatic rings. The molecule has 2 aromatic rings. The van der Waals surface area contributed by atoms with E-state index in [9.17, 15) is 14.7 Å². The molecule has 0 aromatic heterocycles. The number of benzene rings is 2. The zero-order valence-electron chi connectivity index (χ0n) is 20.0. The highest BCUT2D eigenvalue weighted by atomic mass is 16.5. The number of carboxylic acid groups (broad SMARTS) is 1. The van der Waals surface area contributed by atoms with Crippen molar-refractivity contribution in [3.05, 3.63) is 59.7 Å². The molecule has 1 fully saturated rings. The molecule has 2 aromatic carbocycles. The molecule has 3 atom stereocenters. The fraction of sp³-hybridized carbons (Fsp3) is 0.500. The zero-order valence-corrected chi connectivity index (χ0v) is 20.0. The summed E-state index contributed by atoms with van der Waals surface area (Å²) in [6.07, 6.45) is 8.93. The van der Waals surface area contributed by atoms with Gasteiger partial charge in [-0.3, -0.25) is 14.9 Å². The van der Waals surface area contributed by atoms with Crippen LogP contribution in [0.5, 0.6) is 5.75 Å². The first-order valence-electron chi connectivity index (χ1n) is 12.5. The third-order valence-electron chi connectivity index (χ3n) is 7.44. The first-order chi connectivity index (χ1) is 16.5. The van der Waals surface area contributed by atoms with Crippen molar-refractivity contribution in [2.75, 3.05) is 12.4 Å². The second-order valence-corrected chi connectivity index (χ2v) is 9.78. The van der Waals surface area contributed by atoms with Crippen molar-refractivity contribution in [3.63, 3.8) is 0 Å². The topological polar surface area (TPSA) is 87.7 Å². The van der Waals surface area contributed by atoms with Crippen molar-refractivity contribution < 1.29 is 19.4 Å². The fourth-order valence-electron chi connectivity index (χ4n) is 5.48. The van der Waals surface area contributed by atoms with E-state index in [1.807, 2.05) is 48.5 Å². The van der Waals surface area contributed by atoms with Gasteiger partial charge in [0.15, 0.2) is 0 Å². The number of anilines is 1. The van der Waals surface area contributed by atoms with E-state index in [1.165, 1.54) is 32.1 Å². The highest BCUT2D eigenvalue weighted by Crippen LogP contribution is 2.30. The minimum absolute atomic E-state index is 0.0754. The van der Waals surface area contributed by atoms with Gasteiger partial charge >= 0.3 is 5.97 Å². The summed E-state index contributed by atoms with van der Waals surface area (Å²) >= 11 is 0. The molecule has 1 unspecified atom stereocenters. The van der Waals surface area contributed by atoms with Crippen molar-refractivity contribution in [1.29, 1.82) is 0 Å². The largest absolute Gasteiger partial charge is 0.497 e. The van der Waals surface area contributed by atoms with Crippen LogP contribution in [0.25, 0.3) is 0 Å². The summed E-state index contributed by atoms with van der Waals surface area (Å²) in [6, 6.07) is 14.4. The van der Waals surface area contributed by atoms with E-state index >= 15 is 0 Å². The molecule has 0 radical (unpaired) electrons. The van der Waals surface area contributed by atoms with E-state index in [0.29, 0.717) is 25.2 Å². The lowest BCUT2D eigenvalue weighted by molar-refractivity contribution is -0.140. The standard InChI is InChI=1S/C28H36N2O4/c1-34-23-14-11-20(12-15-23)17-22-18-21-9-5-6-10-24(21)30-27(31)26(22)29-25(28(32)33)16-13-19-7-3-2-4-8-19/h5-6,9-12,14-15,19,22,25-26,29H,2-4,7-8,13,16-18H2,1H3,(H,30,31)(H,32,33)/t22?,25-,26-/m0/s1. The lowest BCUT2D eigenvalue weighted by atomic mass is 9.84. The fourth-order valence-corrected chi connectivity index (χ4v) is 5.48. The van der Waals surface area contributed by atoms with Crippen LogP contribution in [0.15, 0.2) is 48.5 Å². The van der Waals surface area contributed by atoms with Crippen LogP contribution in [0.4, 0.5) is 5.69 Å². The number of aliphatic carboxylic acids is 1. The SMILES string of the molecule is COc1ccc(CC2Cc3ccccc3NC(=O)[C@H]2N[C@@H](CCC2CCCCC2)C(=O)O)cc1. The Bertz CT molecular complexity index is 969. The lowest BCUT2D eigenvalue weighted by Gasteiger charge is -2.29. The maximum Gasteiger partial charge on any atom is 0.320 e. The molecule has 182 valence electrons. The Labute approximate surface area is 202 Å². The Morgan fingerprint density at radius 3 is 2.56 bits per heavy atom. The monoisotopic (exact) mass is 464 g/mol. The molecule has 0 bridgehead atoms. The molecule has 1 aliphatic heterocycles. The number of ether oxygens (including phenoxy) is 1. The number of methoxy groups -OCH3 is 1. The Kier molecular flexibility index (Phi) is 8.22. The number of fused-ring (bicyclic) bond motifs is 1. The van der Waals surface area contributed by atoms with Gasteiger partial charge in [-0.25, -0.2) is 0 Å². The molecule has 3 N–H and O–H groups in total. The van der Waals surface area contributed by atoms with Crippen molar-refractivity contribution >= 4 is 17.6 Å². The lowest BCUT2D eigenvalue weighted by Crippen LogP contribution is -2.52. The molecule has 6 heteroatoms. The predicted octanol–water partition coefficient (Wildman–Crippen LogP) is 4.82. The molecule has 1 aliphatic carbocycles. The molecular formula is C28H36N2O4. The van der Waals surface area contributed by atoms with Crippen LogP contribution < -0.4 is 15.4 Å². The zero-order chi connectivity index (χ0) is 23.9. The number of carbonyl (C=O) groups excluding carboxylic acids is 1. The van der Waals surface area contributed by atoms with Crippen LogP contribution in [0, 0.1) is 11.8 Å². The average Bonchev–Trinajstić information content (AvgIpc) is 2.98. The minimum Gasteiger partial charge on any atom is -0.497 e. The summed E-state index contributed by atoms with van der Waals surface area (Å²) in [6.45, 7) is 0. The second-order valence-electron chi connectivity index (χ2n) is 9.78. The molecule has 1 heterocycles. The Morgan fingerprint density at radius 1 is 1.12 bits per heavy atom. The van der Waals surface area contributed by atoms with Gasteiger partial charge in [-0.1, -0.05) is 62.4 Å². The Balaban J connectivity index is 1.53. The first-order valence-corrected chi connectivity index (χ1v) is 12.5. The molecule has 34 heavy (non-hydrogen) atoms. The summed E-state index contributed by atoms with van der Waals surface area (Å²) < 4.78 is 5.28. The second kappa shape index (κ2) is 11.5. The van der Waals surface area contributed by atoms with Gasteiger partial charge in [0.1, 0.15) is 11.8 Å². The third kappa shape index (κ3) is 6.17. The Hall–Kier alpha value is -2.86. The first kappa shape index (κ1) is 24.3. The van der Waals surface area contributed by atoms with Crippen molar-refractivity contribution in [2.45, 2.75) is 69.9 Å². The van der Waals surface area contributed by atoms with Crippen LogP contribution >= 0.6 is 0 Å². The van der Waals surface area contributed by atoms with Gasteiger partial charge in [0, 0.05) is 5.69 Å². The van der Waals surface area contributed by atoms with Gasteiger partial charge in [0.05, 0.1) is 13.2 Å². The number of amides is 1. The van der Waals surface area contributed by atoms with Crippen LogP contribution in [-0.4, -0.2) is 36.2 Å². The number of hydrogen-bond acceptors (Lipinski definition) is 4. The highest BCUT2D eigenvalue weighted by Gasteiger charge is 2.35. The van der Waals surface area contributed by atoms with Crippen LogP contribution in [0.3, 0.4) is 0 Å². The maximum absolute atomic E-state index is 13.4. The summed E-state index contributed by atoms with van der Waals surface area (Å²) in [4.78, 5) is 25.5. The number of rotatable bonds is 9. The highest BCUT2D eigenvalue weighted by molar-refractivity contribution is 5.97. The summed E-state index contributed by atoms with van der Waals surface area (Å²) in [7, 11) is 1.64. The van der Waals surface area contributed by atoms with Gasteiger partial charge in [-0.2, -0.15) is 0 Å². The smallest absolute Gasteiger partial charge is 0.320 e. The van der Waals surface area contributed by atoms with Crippen molar-refractivity contribution in [3.8, 4) is 5.75 Å². The van der Waals surface area contributed by atoms with Crippen molar-refractivity contribution in [2.24, 2.45) is 11.8 Å². The van der Waals surface area contributed by atoms with Gasteiger partial charge in [-0.15, -0.1) is 0 Å². The molecule has 1 saturated carbocycles. The molecule has 4 rings (SSSR count). The number of carbonyl (C=O) groups is 2. The normalized spacial score (nSPS) is 21.7. The number of nitrogens with one attached hydrogen (secondary N) is 2. The quantitative estimate of drug-likeness (QED) is 0.495. The van der Waals surface area contributed by atoms with Crippen LogP contribution in [-0.2, 0) is 22.4 Å². The Morgan fingerprint density at radius 2 is 1.85 bits per heavy atom. The van der Waals surface area contributed by atoms with Gasteiger partial charge < -0.3 is 15.2 Å². The van der Waals surface area contributed by atoms with Crippen molar-refractivity contribution in [1.82, 2.24) is 5.32 Å². The van der Waals surface area contributed by atoms with Crippen LogP contribution in [0.2, 0.25) is 0 Å². The summed E-state index contributed by atoms with van der Waals surface area (Å²) in [5, 5.41) is 16.3. The molecule has 0 spiro atoms. The molecule has 1 amide bonds. The molecule has 0 saturated heterocycles.